The molecule has 0 aliphatic rings. The SMILES string of the molecule is Nc1nc2cc(F)c(Br)cc2n1-c1cc(Br)ccc1F. The number of anilines is 1. The minimum atomic E-state index is -0.447. The molecular formula is C13H7Br2F2N3. The van der Waals surface area contributed by atoms with Crippen LogP contribution in [0.4, 0.5) is 14.7 Å². The van der Waals surface area contributed by atoms with Crippen LogP contribution in [0.3, 0.4) is 0 Å². The average Bonchev–Trinajstić information content (AvgIpc) is 2.69. The molecule has 0 saturated heterocycles. The van der Waals surface area contributed by atoms with Crippen molar-refractivity contribution in [2.45, 2.75) is 0 Å². The molecule has 0 radical (unpaired) electrons. The lowest BCUT2D eigenvalue weighted by molar-refractivity contribution is 0.619. The van der Waals surface area contributed by atoms with Crippen molar-refractivity contribution in [3.05, 3.63) is 50.9 Å². The second-order valence-corrected chi connectivity index (χ2v) is 5.93. The number of nitrogen functional groups attached to an aromatic ring is 1. The molecule has 0 atom stereocenters. The number of hydrogen-bond donors (Lipinski definition) is 1. The van der Waals surface area contributed by atoms with Crippen LogP contribution in [0.1, 0.15) is 0 Å². The van der Waals surface area contributed by atoms with Crippen molar-refractivity contribution in [2.75, 3.05) is 5.73 Å². The summed E-state index contributed by atoms with van der Waals surface area (Å²) in [6, 6.07) is 7.27. The fraction of sp³-hybridized carbons (Fsp3) is 0. The van der Waals surface area contributed by atoms with Gasteiger partial charge in [0.2, 0.25) is 5.95 Å². The first kappa shape index (κ1) is 13.5. The number of aromatic nitrogens is 2. The summed E-state index contributed by atoms with van der Waals surface area (Å²) in [5.74, 6) is -0.800. The standard InChI is InChI=1S/C13H7Br2F2N3/c14-6-1-2-8(16)11(3-6)20-12-4-7(15)9(17)5-10(12)19-13(20)18/h1-5H,(H2,18,19). The molecule has 3 rings (SSSR count). The Kier molecular flexibility index (Phi) is 3.25. The molecule has 7 heteroatoms. The van der Waals surface area contributed by atoms with Crippen molar-refractivity contribution < 1.29 is 8.78 Å². The Hall–Kier alpha value is -1.47. The van der Waals surface area contributed by atoms with Gasteiger partial charge < -0.3 is 5.73 Å². The Morgan fingerprint density at radius 1 is 1.05 bits per heavy atom. The summed E-state index contributed by atoms with van der Waals surface area (Å²) >= 11 is 6.39. The van der Waals surface area contributed by atoms with Gasteiger partial charge in [0.25, 0.3) is 0 Å². The minimum absolute atomic E-state index is 0.0921. The van der Waals surface area contributed by atoms with Gasteiger partial charge in [-0.05, 0) is 40.2 Å². The van der Waals surface area contributed by atoms with Crippen LogP contribution in [0.5, 0.6) is 0 Å². The number of benzene rings is 2. The second-order valence-electron chi connectivity index (χ2n) is 4.16. The summed E-state index contributed by atoms with van der Waals surface area (Å²) in [6.07, 6.45) is 0. The highest BCUT2D eigenvalue weighted by Crippen LogP contribution is 2.30. The Labute approximate surface area is 129 Å². The molecule has 3 aromatic rings. The molecular weight excluding hydrogens is 396 g/mol. The van der Waals surface area contributed by atoms with Gasteiger partial charge in [0.05, 0.1) is 21.2 Å². The van der Waals surface area contributed by atoms with E-state index in [9.17, 15) is 8.78 Å². The lowest BCUT2D eigenvalue weighted by atomic mass is 10.2. The zero-order chi connectivity index (χ0) is 14.4. The van der Waals surface area contributed by atoms with Gasteiger partial charge in [0.1, 0.15) is 11.6 Å². The van der Waals surface area contributed by atoms with Crippen LogP contribution in [0.2, 0.25) is 0 Å². The first-order valence-corrected chi connectivity index (χ1v) is 7.14. The van der Waals surface area contributed by atoms with Crippen LogP contribution < -0.4 is 5.73 Å². The fourth-order valence-corrected chi connectivity index (χ4v) is 2.68. The molecule has 102 valence electrons. The number of imidazole rings is 1. The molecule has 0 aliphatic heterocycles. The van der Waals surface area contributed by atoms with Crippen LogP contribution >= 0.6 is 31.9 Å². The Morgan fingerprint density at radius 3 is 2.55 bits per heavy atom. The van der Waals surface area contributed by atoms with Crippen LogP contribution in [-0.4, -0.2) is 9.55 Å². The first-order valence-electron chi connectivity index (χ1n) is 5.56. The topological polar surface area (TPSA) is 43.8 Å². The molecule has 20 heavy (non-hydrogen) atoms. The highest BCUT2D eigenvalue weighted by Gasteiger charge is 2.16. The van der Waals surface area contributed by atoms with Gasteiger partial charge in [0, 0.05) is 10.5 Å². The van der Waals surface area contributed by atoms with Crippen LogP contribution in [0.25, 0.3) is 16.7 Å². The monoisotopic (exact) mass is 401 g/mol. The highest BCUT2D eigenvalue weighted by atomic mass is 79.9. The number of nitrogens with zero attached hydrogens (tertiary/aromatic N) is 2. The van der Waals surface area contributed by atoms with Crippen molar-refractivity contribution >= 4 is 48.8 Å². The Morgan fingerprint density at radius 2 is 1.80 bits per heavy atom. The molecule has 2 N–H and O–H groups in total. The lowest BCUT2D eigenvalue weighted by Crippen LogP contribution is -2.03. The summed E-state index contributed by atoms with van der Waals surface area (Å²) in [4.78, 5) is 4.06. The van der Waals surface area contributed by atoms with E-state index in [1.54, 1.807) is 12.1 Å². The number of nitrogens with two attached hydrogens (primary N) is 1. The number of halogens is 4. The molecule has 0 bridgehead atoms. The third kappa shape index (κ3) is 2.10. The fourth-order valence-electron chi connectivity index (χ4n) is 2.00. The van der Waals surface area contributed by atoms with Crippen molar-refractivity contribution in [1.82, 2.24) is 9.55 Å². The third-order valence-electron chi connectivity index (χ3n) is 2.87. The maximum atomic E-state index is 14.0. The van der Waals surface area contributed by atoms with Gasteiger partial charge in [-0.15, -0.1) is 0 Å². The lowest BCUT2D eigenvalue weighted by Gasteiger charge is -2.08. The summed E-state index contributed by atoms with van der Waals surface area (Å²) in [5.41, 5.74) is 6.97. The molecule has 3 nitrogen and oxygen atoms in total. The van der Waals surface area contributed by atoms with Gasteiger partial charge in [-0.1, -0.05) is 15.9 Å². The molecule has 0 saturated carbocycles. The summed E-state index contributed by atoms with van der Waals surface area (Å²) < 4.78 is 29.9. The normalized spacial score (nSPS) is 11.2. The van der Waals surface area contributed by atoms with Gasteiger partial charge in [-0.25, -0.2) is 13.8 Å². The van der Waals surface area contributed by atoms with Gasteiger partial charge >= 0.3 is 0 Å². The van der Waals surface area contributed by atoms with E-state index < -0.39 is 11.6 Å². The maximum absolute atomic E-state index is 14.0. The summed E-state index contributed by atoms with van der Waals surface area (Å²) in [7, 11) is 0. The third-order valence-corrected chi connectivity index (χ3v) is 3.97. The molecule has 2 aromatic carbocycles. The number of fused-ring (bicyclic) bond motifs is 1. The summed E-state index contributed by atoms with van der Waals surface area (Å²) in [5, 5.41) is 0. The van der Waals surface area contributed by atoms with E-state index in [-0.39, 0.29) is 16.1 Å². The number of rotatable bonds is 1. The van der Waals surface area contributed by atoms with E-state index in [0.29, 0.717) is 15.5 Å². The minimum Gasteiger partial charge on any atom is -0.369 e. The second kappa shape index (κ2) is 4.82. The smallest absolute Gasteiger partial charge is 0.206 e. The molecule has 1 heterocycles. The quantitative estimate of drug-likeness (QED) is 0.655. The van der Waals surface area contributed by atoms with Gasteiger partial charge in [0.15, 0.2) is 0 Å². The zero-order valence-corrected chi connectivity index (χ0v) is 13.0. The van der Waals surface area contributed by atoms with Crippen molar-refractivity contribution in [3.63, 3.8) is 0 Å². The molecule has 0 amide bonds. The molecule has 0 unspecified atom stereocenters. The van der Waals surface area contributed by atoms with Gasteiger partial charge in [-0.3, -0.25) is 4.57 Å². The van der Waals surface area contributed by atoms with E-state index in [1.165, 1.54) is 22.8 Å². The Balaban J connectivity index is 2.38. The van der Waals surface area contributed by atoms with E-state index in [1.807, 2.05) is 0 Å². The van der Waals surface area contributed by atoms with E-state index in [4.69, 9.17) is 5.73 Å². The highest BCUT2D eigenvalue weighted by molar-refractivity contribution is 9.10. The van der Waals surface area contributed by atoms with E-state index in [0.717, 1.165) is 0 Å². The van der Waals surface area contributed by atoms with Crippen molar-refractivity contribution in [2.24, 2.45) is 0 Å². The predicted molar refractivity (Wildman–Crippen MR) is 80.8 cm³/mol. The molecule has 0 aliphatic carbocycles. The summed E-state index contributed by atoms with van der Waals surface area (Å²) in [6.45, 7) is 0. The average molecular weight is 403 g/mol. The predicted octanol–water partition coefficient (Wildman–Crippen LogP) is 4.41. The number of hydrogen-bond acceptors (Lipinski definition) is 2. The maximum Gasteiger partial charge on any atom is 0.206 e. The largest absolute Gasteiger partial charge is 0.369 e. The van der Waals surface area contributed by atoms with Crippen LogP contribution in [0.15, 0.2) is 39.3 Å². The molecule has 0 fully saturated rings. The Bertz CT molecular complexity index is 830. The van der Waals surface area contributed by atoms with Crippen LogP contribution in [-0.2, 0) is 0 Å². The van der Waals surface area contributed by atoms with E-state index >= 15 is 0 Å². The molecule has 1 aromatic heterocycles. The zero-order valence-electron chi connectivity index (χ0n) is 9.87. The van der Waals surface area contributed by atoms with Crippen LogP contribution in [0, 0.1) is 11.6 Å². The van der Waals surface area contributed by atoms with E-state index in [2.05, 4.69) is 36.8 Å². The van der Waals surface area contributed by atoms with Crippen molar-refractivity contribution in [1.29, 1.82) is 0 Å². The van der Waals surface area contributed by atoms with Gasteiger partial charge in [-0.2, -0.15) is 0 Å². The molecule has 0 spiro atoms. The first-order chi connectivity index (χ1) is 9.47. The van der Waals surface area contributed by atoms with Crippen molar-refractivity contribution in [3.8, 4) is 5.69 Å².